The van der Waals surface area contributed by atoms with Crippen LogP contribution in [-0.2, 0) is 0 Å². The Balaban J connectivity index is 1.83. The summed E-state index contributed by atoms with van der Waals surface area (Å²) in [4.78, 5) is 0. The second kappa shape index (κ2) is 14.7. The Bertz CT molecular complexity index is 422. The second-order valence-electron chi connectivity index (χ2n) is 6.67. The molecule has 0 atom stereocenters. The predicted molar refractivity (Wildman–Crippen MR) is 105 cm³/mol. The molecule has 138 valence electrons. The van der Waals surface area contributed by atoms with Gasteiger partial charge in [-0.25, -0.2) is 4.39 Å². The number of hydrogen-bond donors (Lipinski definition) is 0. The topological polar surface area (TPSA) is 9.23 Å². The van der Waals surface area contributed by atoms with Crippen molar-refractivity contribution >= 4 is 15.9 Å². The second-order valence-corrected chi connectivity index (χ2v) is 7.52. The zero-order valence-corrected chi connectivity index (χ0v) is 16.9. The lowest BCUT2D eigenvalue weighted by atomic mass is 10.0. The summed E-state index contributed by atoms with van der Waals surface area (Å²) in [6, 6.07) is 4.93. The van der Waals surface area contributed by atoms with E-state index in [1.54, 1.807) is 12.1 Å². The quantitative estimate of drug-likeness (QED) is 0.270. The van der Waals surface area contributed by atoms with E-state index in [9.17, 15) is 4.39 Å². The molecule has 1 rings (SSSR count). The van der Waals surface area contributed by atoms with Crippen LogP contribution in [0.2, 0.25) is 0 Å². The van der Waals surface area contributed by atoms with Gasteiger partial charge in [0.05, 0.1) is 11.1 Å². The highest BCUT2D eigenvalue weighted by Gasteiger charge is 2.01. The molecule has 0 N–H and O–H groups in total. The van der Waals surface area contributed by atoms with Gasteiger partial charge in [-0.1, -0.05) is 84.0 Å². The van der Waals surface area contributed by atoms with Gasteiger partial charge in [0.1, 0.15) is 11.6 Å². The van der Waals surface area contributed by atoms with Gasteiger partial charge >= 0.3 is 0 Å². The lowest BCUT2D eigenvalue weighted by Gasteiger charge is -2.07. The smallest absolute Gasteiger partial charge is 0.141 e. The molecular formula is C21H34BrFO. The normalized spacial score (nSPS) is 11.0. The highest BCUT2D eigenvalue weighted by Crippen LogP contribution is 2.21. The molecule has 1 aromatic rings. The van der Waals surface area contributed by atoms with Crippen LogP contribution in [0.25, 0.3) is 0 Å². The van der Waals surface area contributed by atoms with Gasteiger partial charge in [0.2, 0.25) is 0 Å². The largest absolute Gasteiger partial charge is 0.493 e. The van der Waals surface area contributed by atoms with Gasteiger partial charge in [-0.05, 0) is 34.5 Å². The van der Waals surface area contributed by atoms with Crippen molar-refractivity contribution in [2.45, 2.75) is 90.4 Å². The monoisotopic (exact) mass is 400 g/mol. The van der Waals surface area contributed by atoms with Gasteiger partial charge in [0, 0.05) is 6.07 Å². The van der Waals surface area contributed by atoms with Gasteiger partial charge in [-0.15, -0.1) is 0 Å². The highest BCUT2D eigenvalue weighted by molar-refractivity contribution is 9.10. The molecule has 3 heteroatoms. The van der Waals surface area contributed by atoms with Gasteiger partial charge in [-0.2, -0.15) is 0 Å². The van der Waals surface area contributed by atoms with Crippen LogP contribution < -0.4 is 4.74 Å². The van der Waals surface area contributed by atoms with E-state index in [1.807, 2.05) is 0 Å². The average molecular weight is 401 g/mol. The maximum Gasteiger partial charge on any atom is 0.141 e. The zero-order valence-electron chi connectivity index (χ0n) is 15.3. The Hall–Kier alpha value is -0.570. The summed E-state index contributed by atoms with van der Waals surface area (Å²) in [5.74, 6) is 0.354. The lowest BCUT2D eigenvalue weighted by Crippen LogP contribution is -1.97. The standard InChI is InChI=1S/C21H34BrFO/c1-2-3-4-5-6-7-8-9-10-11-12-13-14-17-24-19-15-16-20(22)21(23)18-19/h15-16,18H,2-14,17H2,1H3. The SMILES string of the molecule is CCCCCCCCCCCCCCCOc1ccc(Br)c(F)c1. The number of halogens is 2. The van der Waals surface area contributed by atoms with Crippen molar-refractivity contribution in [2.24, 2.45) is 0 Å². The minimum Gasteiger partial charge on any atom is -0.493 e. The molecule has 0 fully saturated rings. The highest BCUT2D eigenvalue weighted by atomic mass is 79.9. The van der Waals surface area contributed by atoms with Crippen LogP contribution in [0.1, 0.15) is 90.4 Å². The molecule has 0 aliphatic rings. The molecule has 1 nitrogen and oxygen atoms in total. The molecule has 0 saturated heterocycles. The van der Waals surface area contributed by atoms with E-state index in [0.29, 0.717) is 16.8 Å². The van der Waals surface area contributed by atoms with Crippen LogP contribution >= 0.6 is 15.9 Å². The van der Waals surface area contributed by atoms with E-state index in [2.05, 4.69) is 22.9 Å². The Morgan fingerprint density at radius 1 is 0.792 bits per heavy atom. The zero-order chi connectivity index (χ0) is 17.5. The van der Waals surface area contributed by atoms with E-state index in [-0.39, 0.29) is 5.82 Å². The van der Waals surface area contributed by atoms with Crippen LogP contribution in [0, 0.1) is 5.82 Å². The molecule has 0 amide bonds. The van der Waals surface area contributed by atoms with Crippen LogP contribution in [0.15, 0.2) is 22.7 Å². The Labute approximate surface area is 156 Å². The van der Waals surface area contributed by atoms with Gasteiger partial charge in [-0.3, -0.25) is 0 Å². The van der Waals surface area contributed by atoms with E-state index >= 15 is 0 Å². The van der Waals surface area contributed by atoms with E-state index in [0.717, 1.165) is 6.42 Å². The van der Waals surface area contributed by atoms with E-state index in [1.165, 1.54) is 83.1 Å². The fourth-order valence-corrected chi connectivity index (χ4v) is 3.12. The van der Waals surface area contributed by atoms with Crippen molar-refractivity contribution in [2.75, 3.05) is 6.61 Å². The first-order chi connectivity index (χ1) is 11.7. The molecular weight excluding hydrogens is 367 g/mol. The fraction of sp³-hybridized carbons (Fsp3) is 0.714. The summed E-state index contributed by atoms with van der Waals surface area (Å²) in [5.41, 5.74) is 0. The number of ether oxygens (including phenoxy) is 1. The van der Waals surface area contributed by atoms with Crippen LogP contribution in [0.4, 0.5) is 4.39 Å². The minimum absolute atomic E-state index is 0.266. The van der Waals surface area contributed by atoms with Crippen molar-refractivity contribution in [3.05, 3.63) is 28.5 Å². The third-order valence-corrected chi connectivity index (χ3v) is 5.05. The number of rotatable bonds is 15. The molecule has 0 radical (unpaired) electrons. The van der Waals surface area contributed by atoms with Crippen molar-refractivity contribution in [1.82, 2.24) is 0 Å². The lowest BCUT2D eigenvalue weighted by molar-refractivity contribution is 0.302. The van der Waals surface area contributed by atoms with Crippen molar-refractivity contribution in [3.8, 4) is 5.75 Å². The third-order valence-electron chi connectivity index (χ3n) is 4.41. The van der Waals surface area contributed by atoms with Crippen molar-refractivity contribution in [3.63, 3.8) is 0 Å². The van der Waals surface area contributed by atoms with Crippen LogP contribution in [0.3, 0.4) is 0 Å². The molecule has 0 spiro atoms. The molecule has 0 heterocycles. The minimum atomic E-state index is -0.266. The number of benzene rings is 1. The van der Waals surface area contributed by atoms with Crippen molar-refractivity contribution < 1.29 is 9.13 Å². The maximum atomic E-state index is 13.3. The Morgan fingerprint density at radius 2 is 1.29 bits per heavy atom. The average Bonchev–Trinajstić information content (AvgIpc) is 2.58. The first-order valence-corrected chi connectivity index (χ1v) is 10.6. The Morgan fingerprint density at radius 3 is 1.79 bits per heavy atom. The molecule has 0 unspecified atom stereocenters. The molecule has 0 aliphatic carbocycles. The van der Waals surface area contributed by atoms with Crippen molar-refractivity contribution in [1.29, 1.82) is 0 Å². The first-order valence-electron chi connectivity index (χ1n) is 9.82. The first kappa shape index (κ1) is 21.5. The summed E-state index contributed by atoms with van der Waals surface area (Å²) in [6.07, 6.45) is 17.5. The molecule has 0 saturated carbocycles. The van der Waals surface area contributed by atoms with Gasteiger partial charge < -0.3 is 4.74 Å². The molecule has 0 bridgehead atoms. The third kappa shape index (κ3) is 11.1. The molecule has 1 aromatic carbocycles. The predicted octanol–water partition coefficient (Wildman–Crippen LogP) is 8.06. The van der Waals surface area contributed by atoms with Crippen LogP contribution in [-0.4, -0.2) is 6.61 Å². The summed E-state index contributed by atoms with van der Waals surface area (Å²) >= 11 is 3.15. The summed E-state index contributed by atoms with van der Waals surface area (Å²) in [5, 5.41) is 0. The number of hydrogen-bond acceptors (Lipinski definition) is 1. The maximum absolute atomic E-state index is 13.3. The molecule has 0 aromatic heterocycles. The molecule has 24 heavy (non-hydrogen) atoms. The van der Waals surface area contributed by atoms with Crippen LogP contribution in [0.5, 0.6) is 5.75 Å². The number of unbranched alkanes of at least 4 members (excludes halogenated alkanes) is 12. The van der Waals surface area contributed by atoms with E-state index < -0.39 is 0 Å². The molecule has 0 aliphatic heterocycles. The van der Waals surface area contributed by atoms with Gasteiger partial charge in [0.15, 0.2) is 0 Å². The Kier molecular flexibility index (Phi) is 13.2. The summed E-state index contributed by atoms with van der Waals surface area (Å²) in [6.45, 7) is 2.95. The summed E-state index contributed by atoms with van der Waals surface area (Å²) < 4.78 is 19.4. The summed E-state index contributed by atoms with van der Waals surface area (Å²) in [7, 11) is 0. The fourth-order valence-electron chi connectivity index (χ4n) is 2.88. The van der Waals surface area contributed by atoms with E-state index in [4.69, 9.17) is 4.74 Å². The van der Waals surface area contributed by atoms with Gasteiger partial charge in [0.25, 0.3) is 0 Å².